The van der Waals surface area contributed by atoms with Crippen molar-refractivity contribution < 1.29 is 9.56 Å². The summed E-state index contributed by atoms with van der Waals surface area (Å²) in [5.41, 5.74) is 3.96. The number of pyridine rings is 1. The summed E-state index contributed by atoms with van der Waals surface area (Å²) in [6, 6.07) is 10.3. The molecule has 8 bridgehead atoms. The molecule has 0 atom stereocenters. The summed E-state index contributed by atoms with van der Waals surface area (Å²) in [6.07, 6.45) is 16.5. The zero-order valence-electron chi connectivity index (χ0n) is 13.6. The van der Waals surface area contributed by atoms with Gasteiger partial charge in [0.05, 0.1) is 17.2 Å². The molecule has 25 heavy (non-hydrogen) atoms. The van der Waals surface area contributed by atoms with Crippen LogP contribution in [-0.2, 0) is 0 Å². The van der Waals surface area contributed by atoms with Gasteiger partial charge in [-0.2, -0.15) is 4.58 Å². The van der Waals surface area contributed by atoms with Crippen LogP contribution in [0.15, 0.2) is 65.6 Å². The average molecular weight is 327 g/mol. The van der Waals surface area contributed by atoms with Crippen LogP contribution in [0.2, 0.25) is 0 Å². The predicted molar refractivity (Wildman–Crippen MR) is 97.8 cm³/mol. The van der Waals surface area contributed by atoms with Crippen LogP contribution in [0.4, 0.5) is 0 Å². The maximum absolute atomic E-state index is 4.67. The third-order valence-corrected chi connectivity index (χ3v) is 4.25. The first kappa shape index (κ1) is 13.9. The first-order chi connectivity index (χ1) is 12.3. The van der Waals surface area contributed by atoms with Crippen molar-refractivity contribution in [2.45, 2.75) is 0 Å². The van der Waals surface area contributed by atoms with Crippen molar-refractivity contribution >= 4 is 30.3 Å². The Balaban J connectivity index is 1.69. The average Bonchev–Trinajstić information content (AvgIpc) is 3.31. The molecule has 3 aliphatic heterocycles. The Kier molecular flexibility index (Phi) is 3.10. The minimum absolute atomic E-state index is 0.775. The molecule has 5 heteroatoms. The molecule has 2 aromatic rings. The van der Waals surface area contributed by atoms with Gasteiger partial charge in [-0.25, -0.2) is 9.98 Å². The molecular formula is C20H17N5+2. The summed E-state index contributed by atoms with van der Waals surface area (Å²) in [7, 11) is 0. The molecule has 5 rings (SSSR count). The standard InChI is InChI=1S/C20H16N5/c1-2-15-10-17-4-6-19(22-17)12-24-8-9-25(14-24)13-20-7-5-18(23-20)11-16(3-1)21-15/h1-13,22H,14H2/q+1/p+1. The Morgan fingerprint density at radius 1 is 1.04 bits per heavy atom. The van der Waals surface area contributed by atoms with Crippen LogP contribution in [0.3, 0.4) is 0 Å². The van der Waals surface area contributed by atoms with Crippen LogP contribution in [0.5, 0.6) is 0 Å². The van der Waals surface area contributed by atoms with Gasteiger partial charge in [0.25, 0.3) is 0 Å². The minimum atomic E-state index is 0.775. The smallest absolute Gasteiger partial charge is 0.227 e. The van der Waals surface area contributed by atoms with Crippen molar-refractivity contribution in [2.24, 2.45) is 4.99 Å². The van der Waals surface area contributed by atoms with Gasteiger partial charge in [-0.3, -0.25) is 4.90 Å². The molecule has 5 heterocycles. The van der Waals surface area contributed by atoms with Crippen molar-refractivity contribution in [2.75, 3.05) is 6.67 Å². The molecule has 2 N–H and O–H groups in total. The van der Waals surface area contributed by atoms with Gasteiger partial charge in [-0.15, -0.1) is 0 Å². The van der Waals surface area contributed by atoms with Crippen LogP contribution in [0, 0.1) is 0 Å². The lowest BCUT2D eigenvalue weighted by Gasteiger charge is -2.02. The predicted octanol–water partition coefficient (Wildman–Crippen LogP) is 0.588. The van der Waals surface area contributed by atoms with Crippen molar-refractivity contribution in [3.05, 3.63) is 82.7 Å². The second kappa shape index (κ2) is 5.56. The largest absolute Gasteiger partial charge is 0.354 e. The molecule has 2 aromatic heterocycles. The molecule has 5 nitrogen and oxygen atoms in total. The summed E-state index contributed by atoms with van der Waals surface area (Å²) in [5, 5.41) is 2.13. The van der Waals surface area contributed by atoms with Gasteiger partial charge < -0.3 is 4.98 Å². The molecule has 0 radical (unpaired) electrons. The van der Waals surface area contributed by atoms with E-state index in [0.717, 1.165) is 40.2 Å². The van der Waals surface area contributed by atoms with Crippen molar-refractivity contribution in [3.8, 4) is 0 Å². The second-order valence-corrected chi connectivity index (χ2v) is 6.24. The number of nitrogens with zero attached hydrogens (tertiary/aromatic N) is 3. The first-order valence-electron chi connectivity index (χ1n) is 8.24. The number of hydrogen-bond acceptors (Lipinski definition) is 2. The molecule has 0 amide bonds. The fraction of sp³-hybridized carbons (Fsp3) is 0.0500. The molecule has 120 valence electrons. The van der Waals surface area contributed by atoms with E-state index in [2.05, 4.69) is 79.6 Å². The van der Waals surface area contributed by atoms with E-state index in [4.69, 9.17) is 0 Å². The number of aromatic amines is 2. The van der Waals surface area contributed by atoms with Crippen molar-refractivity contribution in [1.29, 1.82) is 0 Å². The SMILES string of the molecule is C1=CC2=NC1=Cc1cccc([nH+]1)C=c1ccc([nH]1)=CN1C=C[N+](=C2)C1. The van der Waals surface area contributed by atoms with E-state index in [9.17, 15) is 0 Å². The zero-order valence-corrected chi connectivity index (χ0v) is 13.6. The van der Waals surface area contributed by atoms with Crippen LogP contribution in [-0.4, -0.2) is 33.1 Å². The monoisotopic (exact) mass is 327 g/mol. The fourth-order valence-corrected chi connectivity index (χ4v) is 3.11. The topological polar surface area (TPSA) is 48.5 Å². The van der Waals surface area contributed by atoms with E-state index >= 15 is 0 Å². The Labute approximate surface area is 144 Å². The van der Waals surface area contributed by atoms with Gasteiger partial charge in [-0.05, 0) is 30.4 Å². The molecule has 0 saturated carbocycles. The fourth-order valence-electron chi connectivity index (χ4n) is 3.11. The molecule has 3 aliphatic rings. The van der Waals surface area contributed by atoms with E-state index in [1.54, 1.807) is 0 Å². The summed E-state index contributed by atoms with van der Waals surface area (Å²) in [5.74, 6) is 0. The van der Waals surface area contributed by atoms with E-state index in [-0.39, 0.29) is 0 Å². The van der Waals surface area contributed by atoms with Crippen LogP contribution < -0.4 is 15.7 Å². The lowest BCUT2D eigenvalue weighted by atomic mass is 10.2. The van der Waals surface area contributed by atoms with Gasteiger partial charge in [-0.1, -0.05) is 0 Å². The molecule has 0 spiro atoms. The summed E-state index contributed by atoms with van der Waals surface area (Å²) in [4.78, 5) is 13.7. The molecule has 0 aliphatic carbocycles. The summed E-state index contributed by atoms with van der Waals surface area (Å²) < 4.78 is 2.12. The second-order valence-electron chi connectivity index (χ2n) is 6.24. The highest BCUT2D eigenvalue weighted by Crippen LogP contribution is 2.12. The molecule has 0 fully saturated rings. The van der Waals surface area contributed by atoms with Crippen LogP contribution in [0.1, 0.15) is 11.4 Å². The number of nitrogens with one attached hydrogen (secondary N) is 2. The molecule has 0 unspecified atom stereocenters. The summed E-state index contributed by atoms with van der Waals surface area (Å²) in [6.45, 7) is 0.775. The minimum Gasteiger partial charge on any atom is -0.354 e. The Hall–Kier alpha value is -3.47. The quantitative estimate of drug-likeness (QED) is 0.708. The molecule has 0 aromatic carbocycles. The number of H-pyrrole nitrogens is 2. The Morgan fingerprint density at radius 3 is 2.88 bits per heavy atom. The third kappa shape index (κ3) is 2.87. The lowest BCUT2D eigenvalue weighted by molar-refractivity contribution is -0.453. The van der Waals surface area contributed by atoms with E-state index in [1.165, 1.54) is 0 Å². The van der Waals surface area contributed by atoms with E-state index < -0.39 is 0 Å². The third-order valence-electron chi connectivity index (χ3n) is 4.25. The van der Waals surface area contributed by atoms with Crippen molar-refractivity contribution in [1.82, 2.24) is 9.88 Å². The lowest BCUT2D eigenvalue weighted by Crippen LogP contribution is -2.21. The van der Waals surface area contributed by atoms with Crippen LogP contribution in [0.25, 0.3) is 18.4 Å². The van der Waals surface area contributed by atoms with E-state index in [0.29, 0.717) is 0 Å². The molecule has 0 saturated heterocycles. The first-order valence-corrected chi connectivity index (χ1v) is 8.24. The maximum Gasteiger partial charge on any atom is 0.227 e. The number of aliphatic imine (C=N–C) groups is 1. The number of fused-ring (bicyclic) bond motifs is 7. The highest BCUT2D eigenvalue weighted by Gasteiger charge is 2.15. The maximum atomic E-state index is 4.67. The van der Waals surface area contributed by atoms with Gasteiger partial charge in [0, 0.05) is 35.8 Å². The van der Waals surface area contributed by atoms with Gasteiger partial charge in [0.1, 0.15) is 5.71 Å². The van der Waals surface area contributed by atoms with Crippen LogP contribution >= 0.6 is 0 Å². The Morgan fingerprint density at radius 2 is 1.92 bits per heavy atom. The van der Waals surface area contributed by atoms with Gasteiger partial charge in [0.2, 0.25) is 18.1 Å². The highest BCUT2D eigenvalue weighted by molar-refractivity contribution is 6.35. The number of rotatable bonds is 0. The Bertz CT molecular complexity index is 1120. The van der Waals surface area contributed by atoms with Crippen molar-refractivity contribution in [3.63, 3.8) is 0 Å². The highest BCUT2D eigenvalue weighted by atomic mass is 15.3. The summed E-state index contributed by atoms with van der Waals surface area (Å²) >= 11 is 0. The van der Waals surface area contributed by atoms with Gasteiger partial charge >= 0.3 is 0 Å². The number of allylic oxidation sites excluding steroid dienone is 2. The normalized spacial score (nSPS) is 17.6. The molecular weight excluding hydrogens is 310 g/mol. The van der Waals surface area contributed by atoms with E-state index in [1.807, 2.05) is 24.3 Å². The number of aromatic nitrogens is 2. The van der Waals surface area contributed by atoms with Gasteiger partial charge in [0.15, 0.2) is 12.4 Å². The number of hydrogen-bond donors (Lipinski definition) is 1. The zero-order chi connectivity index (χ0) is 16.6.